The number of rotatable bonds is 6. The summed E-state index contributed by atoms with van der Waals surface area (Å²) >= 11 is 0. The Kier molecular flexibility index (Phi) is 5.54. The van der Waals surface area contributed by atoms with E-state index in [-0.39, 0.29) is 19.6 Å². The zero-order valence-corrected chi connectivity index (χ0v) is 10.0. The minimum atomic E-state index is -0.798. The molecule has 0 aliphatic carbocycles. The second kappa shape index (κ2) is 6.93. The molecule has 5 nitrogen and oxygen atoms in total. The van der Waals surface area contributed by atoms with E-state index in [0.717, 1.165) is 6.07 Å². The molecule has 0 aliphatic rings. The van der Waals surface area contributed by atoms with Gasteiger partial charge in [0.15, 0.2) is 0 Å². The van der Waals surface area contributed by atoms with Gasteiger partial charge in [0.25, 0.3) is 5.91 Å². The number of ether oxygens (including phenoxy) is 1. The average Bonchev–Trinajstić information content (AvgIpc) is 2.29. The quantitative estimate of drug-likeness (QED) is 0.699. The number of aliphatic hydroxyl groups is 1. The van der Waals surface area contributed by atoms with E-state index in [1.165, 1.54) is 19.2 Å². The van der Waals surface area contributed by atoms with Crippen LogP contribution in [0.15, 0.2) is 18.2 Å². The fourth-order valence-electron chi connectivity index (χ4n) is 1.55. The molecule has 1 atom stereocenters. The van der Waals surface area contributed by atoms with Gasteiger partial charge in [-0.25, -0.2) is 4.39 Å². The van der Waals surface area contributed by atoms with Crippen LogP contribution in [-0.4, -0.2) is 42.5 Å². The fraction of sp³-hybridized carbons (Fsp3) is 0.417. The third-order valence-electron chi connectivity index (χ3n) is 2.40. The number of hydrogen-bond acceptors (Lipinski definition) is 4. The molecule has 0 radical (unpaired) electrons. The molecule has 0 fully saturated rings. The van der Waals surface area contributed by atoms with Gasteiger partial charge in [0.1, 0.15) is 17.1 Å². The predicted octanol–water partition coefficient (Wildman–Crippen LogP) is 0.658. The summed E-state index contributed by atoms with van der Waals surface area (Å²) in [5.74, 6) is -1.96. The number of amides is 1. The molecule has 0 aliphatic heterocycles. The van der Waals surface area contributed by atoms with Crippen LogP contribution in [0.5, 0.6) is 5.75 Å². The number of methoxy groups -OCH3 is 1. The van der Waals surface area contributed by atoms with Gasteiger partial charge >= 0.3 is 0 Å². The second-order valence-electron chi connectivity index (χ2n) is 3.77. The van der Waals surface area contributed by atoms with Crippen molar-refractivity contribution in [1.82, 2.24) is 5.32 Å². The van der Waals surface area contributed by atoms with Crippen molar-refractivity contribution in [2.45, 2.75) is 12.5 Å². The first-order chi connectivity index (χ1) is 8.60. The Morgan fingerprint density at radius 2 is 2.28 bits per heavy atom. The maximum atomic E-state index is 13.4. The molecule has 0 saturated carbocycles. The predicted molar refractivity (Wildman–Crippen MR) is 62.9 cm³/mol. The lowest BCUT2D eigenvalue weighted by Gasteiger charge is -2.17. The third-order valence-corrected chi connectivity index (χ3v) is 2.40. The van der Waals surface area contributed by atoms with Gasteiger partial charge in [-0.15, -0.1) is 0 Å². The van der Waals surface area contributed by atoms with E-state index in [0.29, 0.717) is 0 Å². The van der Waals surface area contributed by atoms with Crippen LogP contribution in [0.3, 0.4) is 0 Å². The SMILES string of the molecule is COCC(CCO)NC(=O)c1c(O)cccc1F. The summed E-state index contributed by atoms with van der Waals surface area (Å²) in [5, 5.41) is 20.8. The summed E-state index contributed by atoms with van der Waals surface area (Å²) in [6, 6.07) is 3.19. The summed E-state index contributed by atoms with van der Waals surface area (Å²) in [5.41, 5.74) is -0.406. The number of phenols is 1. The number of carbonyl (C=O) groups excluding carboxylic acids is 1. The molecule has 0 spiro atoms. The smallest absolute Gasteiger partial charge is 0.258 e. The van der Waals surface area contributed by atoms with E-state index in [2.05, 4.69) is 5.32 Å². The van der Waals surface area contributed by atoms with Gasteiger partial charge in [-0.05, 0) is 18.6 Å². The zero-order valence-electron chi connectivity index (χ0n) is 10.0. The first kappa shape index (κ1) is 14.4. The molecule has 100 valence electrons. The Morgan fingerprint density at radius 1 is 1.56 bits per heavy atom. The first-order valence-corrected chi connectivity index (χ1v) is 5.48. The maximum Gasteiger partial charge on any atom is 0.258 e. The van der Waals surface area contributed by atoms with Crippen LogP contribution >= 0.6 is 0 Å². The number of aromatic hydroxyl groups is 1. The minimum absolute atomic E-state index is 0.127. The highest BCUT2D eigenvalue weighted by Crippen LogP contribution is 2.19. The Morgan fingerprint density at radius 3 is 2.83 bits per heavy atom. The van der Waals surface area contributed by atoms with Gasteiger partial charge in [-0.3, -0.25) is 4.79 Å². The number of nitrogens with one attached hydrogen (secondary N) is 1. The topological polar surface area (TPSA) is 78.8 Å². The van der Waals surface area contributed by atoms with Crippen LogP contribution in [0, 0.1) is 5.82 Å². The standard InChI is InChI=1S/C12H16FNO4/c1-18-7-8(5-6-15)14-12(17)11-9(13)3-2-4-10(11)16/h2-4,8,15-16H,5-7H2,1H3,(H,14,17). The first-order valence-electron chi connectivity index (χ1n) is 5.48. The van der Waals surface area contributed by atoms with Crippen molar-refractivity contribution in [2.75, 3.05) is 20.3 Å². The van der Waals surface area contributed by atoms with Crippen LogP contribution in [0.2, 0.25) is 0 Å². The molecule has 0 heterocycles. The highest BCUT2D eigenvalue weighted by atomic mass is 19.1. The van der Waals surface area contributed by atoms with Gasteiger partial charge in [-0.2, -0.15) is 0 Å². The number of phenolic OH excluding ortho intramolecular Hbond substituents is 1. The van der Waals surface area contributed by atoms with Crippen LogP contribution in [0.1, 0.15) is 16.8 Å². The normalized spacial score (nSPS) is 12.2. The zero-order chi connectivity index (χ0) is 13.5. The minimum Gasteiger partial charge on any atom is -0.507 e. The molecule has 1 aromatic carbocycles. The number of benzene rings is 1. The lowest BCUT2D eigenvalue weighted by molar-refractivity contribution is 0.0872. The van der Waals surface area contributed by atoms with Gasteiger partial charge < -0.3 is 20.3 Å². The number of carbonyl (C=O) groups is 1. The van der Waals surface area contributed by atoms with E-state index in [1.54, 1.807) is 0 Å². The average molecular weight is 257 g/mol. The molecular weight excluding hydrogens is 241 g/mol. The monoisotopic (exact) mass is 257 g/mol. The van der Waals surface area contributed by atoms with Crippen molar-refractivity contribution < 1.29 is 24.1 Å². The number of hydrogen-bond donors (Lipinski definition) is 3. The van der Waals surface area contributed by atoms with Crippen LogP contribution in [0.4, 0.5) is 4.39 Å². The molecule has 0 bridgehead atoms. The van der Waals surface area contributed by atoms with Gasteiger partial charge in [0.2, 0.25) is 0 Å². The van der Waals surface area contributed by atoms with E-state index in [9.17, 15) is 14.3 Å². The molecule has 0 aromatic heterocycles. The van der Waals surface area contributed by atoms with Crippen molar-refractivity contribution >= 4 is 5.91 Å². The maximum absolute atomic E-state index is 13.4. The molecular formula is C12H16FNO4. The van der Waals surface area contributed by atoms with E-state index in [1.807, 2.05) is 0 Å². The second-order valence-corrected chi connectivity index (χ2v) is 3.77. The molecule has 6 heteroatoms. The largest absolute Gasteiger partial charge is 0.507 e. The molecule has 1 amide bonds. The van der Waals surface area contributed by atoms with Gasteiger partial charge in [0, 0.05) is 13.7 Å². The van der Waals surface area contributed by atoms with Crippen molar-refractivity contribution in [1.29, 1.82) is 0 Å². The van der Waals surface area contributed by atoms with Crippen molar-refractivity contribution in [3.8, 4) is 5.75 Å². The van der Waals surface area contributed by atoms with Crippen LogP contribution in [0.25, 0.3) is 0 Å². The molecule has 0 saturated heterocycles. The summed E-state index contributed by atoms with van der Waals surface area (Å²) in [6.45, 7) is 0.0685. The molecule has 1 aromatic rings. The lowest BCUT2D eigenvalue weighted by atomic mass is 10.1. The Bertz CT molecular complexity index is 385. The van der Waals surface area contributed by atoms with E-state index >= 15 is 0 Å². The molecule has 1 unspecified atom stereocenters. The van der Waals surface area contributed by atoms with E-state index < -0.39 is 29.1 Å². The summed E-state index contributed by atoms with van der Waals surface area (Å²) < 4.78 is 18.3. The Hall–Kier alpha value is -1.66. The fourth-order valence-corrected chi connectivity index (χ4v) is 1.55. The molecule has 1 rings (SSSR count). The van der Waals surface area contributed by atoms with Crippen molar-refractivity contribution in [3.63, 3.8) is 0 Å². The number of halogens is 1. The highest BCUT2D eigenvalue weighted by molar-refractivity contribution is 5.97. The lowest BCUT2D eigenvalue weighted by Crippen LogP contribution is -2.39. The third kappa shape index (κ3) is 3.68. The highest BCUT2D eigenvalue weighted by Gasteiger charge is 2.19. The van der Waals surface area contributed by atoms with Gasteiger partial charge in [0.05, 0.1) is 12.6 Å². The van der Waals surface area contributed by atoms with Crippen LogP contribution in [-0.2, 0) is 4.74 Å². The van der Waals surface area contributed by atoms with Gasteiger partial charge in [-0.1, -0.05) is 6.07 Å². The summed E-state index contributed by atoms with van der Waals surface area (Å²) in [6.07, 6.45) is 0.287. The Balaban J connectivity index is 2.80. The van der Waals surface area contributed by atoms with Crippen LogP contribution < -0.4 is 5.32 Å². The Labute approximate surface area is 104 Å². The number of aliphatic hydroxyl groups excluding tert-OH is 1. The molecule has 18 heavy (non-hydrogen) atoms. The summed E-state index contributed by atoms with van der Waals surface area (Å²) in [7, 11) is 1.46. The van der Waals surface area contributed by atoms with Crippen molar-refractivity contribution in [2.24, 2.45) is 0 Å². The van der Waals surface area contributed by atoms with E-state index in [4.69, 9.17) is 9.84 Å². The summed E-state index contributed by atoms with van der Waals surface area (Å²) in [4.78, 5) is 11.8. The molecule has 3 N–H and O–H groups in total. The van der Waals surface area contributed by atoms with Crippen molar-refractivity contribution in [3.05, 3.63) is 29.6 Å².